The van der Waals surface area contributed by atoms with Crippen LogP contribution in [0.2, 0.25) is 0 Å². The molecule has 3 aromatic heterocycles. The molecule has 0 radical (unpaired) electrons. The number of amides is 1. The van der Waals surface area contributed by atoms with Gasteiger partial charge in [0.25, 0.3) is 5.91 Å². The van der Waals surface area contributed by atoms with Crippen molar-refractivity contribution in [3.8, 4) is 11.3 Å². The third-order valence-electron chi connectivity index (χ3n) is 6.30. The molecule has 0 saturated carbocycles. The van der Waals surface area contributed by atoms with E-state index in [0.717, 1.165) is 67.7 Å². The first-order valence-corrected chi connectivity index (χ1v) is 13.1. The number of aromatic nitrogens is 2. The molecule has 0 spiro atoms. The van der Waals surface area contributed by atoms with Crippen LogP contribution in [-0.2, 0) is 11.3 Å². The summed E-state index contributed by atoms with van der Waals surface area (Å²) in [7, 11) is 0. The second-order valence-corrected chi connectivity index (χ2v) is 9.91. The number of para-hydroxylation sites is 1. The molecule has 1 aliphatic rings. The summed E-state index contributed by atoms with van der Waals surface area (Å²) in [6.45, 7) is 4.26. The highest BCUT2D eigenvalue weighted by Crippen LogP contribution is 2.24. The van der Waals surface area contributed by atoms with E-state index in [4.69, 9.17) is 9.72 Å². The van der Waals surface area contributed by atoms with Crippen LogP contribution in [0.4, 0.5) is 0 Å². The van der Waals surface area contributed by atoms with Gasteiger partial charge in [0.1, 0.15) is 0 Å². The molecule has 6 nitrogen and oxygen atoms in total. The van der Waals surface area contributed by atoms with Crippen LogP contribution in [0.25, 0.3) is 22.2 Å². The van der Waals surface area contributed by atoms with E-state index in [-0.39, 0.29) is 5.91 Å². The van der Waals surface area contributed by atoms with Crippen molar-refractivity contribution in [1.29, 1.82) is 0 Å². The summed E-state index contributed by atoms with van der Waals surface area (Å²) in [6.07, 6.45) is 6.98. The molecule has 1 atom stereocenters. The Balaban J connectivity index is 1.24. The van der Waals surface area contributed by atoms with Crippen LogP contribution in [0, 0.1) is 0 Å². The highest BCUT2D eigenvalue weighted by molar-refractivity contribution is 7.09. The number of fused-ring (bicyclic) bond motifs is 1. The lowest BCUT2D eigenvalue weighted by Gasteiger charge is -2.24. The second kappa shape index (κ2) is 11.5. The van der Waals surface area contributed by atoms with Crippen molar-refractivity contribution < 1.29 is 9.53 Å². The topological polar surface area (TPSA) is 67.4 Å². The summed E-state index contributed by atoms with van der Waals surface area (Å²) >= 11 is 1.79. The number of nitrogens with zero attached hydrogens (tertiary/aromatic N) is 3. The van der Waals surface area contributed by atoms with E-state index in [1.165, 1.54) is 4.88 Å². The first kappa shape index (κ1) is 23.6. The maximum Gasteiger partial charge on any atom is 0.252 e. The van der Waals surface area contributed by atoms with Crippen molar-refractivity contribution in [2.75, 3.05) is 26.2 Å². The SMILES string of the molecule is O=C(NCCCN(Cc1cccs1)C[C@H]1CCCO1)c1cc(-c2cccnc2)nc2ccccc12. The van der Waals surface area contributed by atoms with Gasteiger partial charge in [-0.05, 0) is 55.0 Å². The van der Waals surface area contributed by atoms with Crippen LogP contribution in [0.15, 0.2) is 72.4 Å². The predicted octanol–water partition coefficient (Wildman–Crippen LogP) is 5.16. The average Bonchev–Trinajstić information content (AvgIpc) is 3.61. The lowest BCUT2D eigenvalue weighted by atomic mass is 10.0. The van der Waals surface area contributed by atoms with Gasteiger partial charge in [-0.25, -0.2) is 4.98 Å². The van der Waals surface area contributed by atoms with Crippen LogP contribution < -0.4 is 5.32 Å². The van der Waals surface area contributed by atoms with Gasteiger partial charge in [0.15, 0.2) is 0 Å². The van der Waals surface area contributed by atoms with Crippen LogP contribution in [0.1, 0.15) is 34.5 Å². The van der Waals surface area contributed by atoms with E-state index in [1.54, 1.807) is 23.7 Å². The predicted molar refractivity (Wildman–Crippen MR) is 140 cm³/mol. The molecule has 1 saturated heterocycles. The van der Waals surface area contributed by atoms with Gasteiger partial charge in [0, 0.05) is 61.0 Å². The Kier molecular flexibility index (Phi) is 7.78. The number of carbonyl (C=O) groups excluding carboxylic acids is 1. The van der Waals surface area contributed by atoms with Crippen molar-refractivity contribution in [2.24, 2.45) is 0 Å². The van der Waals surface area contributed by atoms with E-state index in [2.05, 4.69) is 32.7 Å². The summed E-state index contributed by atoms with van der Waals surface area (Å²) in [4.78, 5) is 26.0. The minimum atomic E-state index is -0.0716. The van der Waals surface area contributed by atoms with Crippen molar-refractivity contribution in [2.45, 2.75) is 31.9 Å². The van der Waals surface area contributed by atoms with Gasteiger partial charge in [-0.2, -0.15) is 0 Å². The van der Waals surface area contributed by atoms with Crippen LogP contribution in [0.5, 0.6) is 0 Å². The van der Waals surface area contributed by atoms with Gasteiger partial charge < -0.3 is 10.1 Å². The van der Waals surface area contributed by atoms with Crippen molar-refractivity contribution in [1.82, 2.24) is 20.2 Å². The van der Waals surface area contributed by atoms with E-state index < -0.39 is 0 Å². The van der Waals surface area contributed by atoms with E-state index in [0.29, 0.717) is 18.2 Å². The highest BCUT2D eigenvalue weighted by Gasteiger charge is 2.20. The van der Waals surface area contributed by atoms with Gasteiger partial charge >= 0.3 is 0 Å². The van der Waals surface area contributed by atoms with Gasteiger partial charge in [-0.3, -0.25) is 14.7 Å². The van der Waals surface area contributed by atoms with E-state index in [1.807, 2.05) is 42.5 Å². The molecule has 0 aliphatic carbocycles. The van der Waals surface area contributed by atoms with E-state index in [9.17, 15) is 4.79 Å². The number of thiophene rings is 1. The largest absolute Gasteiger partial charge is 0.377 e. The number of hydrogen-bond acceptors (Lipinski definition) is 6. The molecule has 1 N–H and O–H groups in total. The number of carbonyl (C=O) groups is 1. The molecule has 1 amide bonds. The molecule has 1 aromatic carbocycles. The zero-order valence-corrected chi connectivity index (χ0v) is 20.5. The summed E-state index contributed by atoms with van der Waals surface area (Å²) in [6, 6.07) is 17.8. The quantitative estimate of drug-likeness (QED) is 0.314. The van der Waals surface area contributed by atoms with Gasteiger partial charge in [0.05, 0.1) is 22.9 Å². The van der Waals surface area contributed by atoms with Gasteiger partial charge in [-0.1, -0.05) is 24.3 Å². The second-order valence-electron chi connectivity index (χ2n) is 8.87. The molecule has 35 heavy (non-hydrogen) atoms. The standard InChI is InChI=1S/C28H30N4O2S/c33-28(25-17-27(21-7-3-12-29-18-21)31-26-11-2-1-10-24(25)26)30-13-6-14-32(19-22-8-4-15-34-22)20-23-9-5-16-35-23/h1-3,5,7,9-12,16-18,22H,4,6,8,13-15,19-20H2,(H,30,33)/t22-/m1/s1. The molecule has 1 aliphatic heterocycles. The zero-order valence-electron chi connectivity index (χ0n) is 19.7. The smallest absolute Gasteiger partial charge is 0.252 e. The lowest BCUT2D eigenvalue weighted by Crippen LogP contribution is -2.34. The number of rotatable bonds is 10. The summed E-state index contributed by atoms with van der Waals surface area (Å²) in [5.74, 6) is -0.0716. The number of nitrogens with one attached hydrogen (secondary N) is 1. The number of pyridine rings is 2. The third kappa shape index (κ3) is 6.11. The Morgan fingerprint density at radius 1 is 1.17 bits per heavy atom. The highest BCUT2D eigenvalue weighted by atomic mass is 32.1. The fraction of sp³-hybridized carbons (Fsp3) is 0.321. The summed E-state index contributed by atoms with van der Waals surface area (Å²) in [5, 5.41) is 6.12. The Morgan fingerprint density at radius 2 is 2.11 bits per heavy atom. The number of benzene rings is 1. The zero-order chi connectivity index (χ0) is 23.9. The summed E-state index contributed by atoms with van der Waals surface area (Å²) < 4.78 is 5.88. The Hall–Kier alpha value is -3.13. The normalized spacial score (nSPS) is 15.6. The molecule has 4 aromatic rings. The monoisotopic (exact) mass is 486 g/mol. The molecule has 5 rings (SSSR count). The molecule has 180 valence electrons. The van der Waals surface area contributed by atoms with Crippen LogP contribution >= 0.6 is 11.3 Å². The van der Waals surface area contributed by atoms with Crippen LogP contribution in [-0.4, -0.2) is 53.1 Å². The van der Waals surface area contributed by atoms with Crippen molar-refractivity contribution in [3.05, 3.63) is 82.8 Å². The molecule has 0 unspecified atom stereocenters. The first-order valence-electron chi connectivity index (χ1n) is 12.2. The maximum atomic E-state index is 13.2. The Bertz CT molecular complexity index is 1240. The minimum absolute atomic E-state index is 0.0716. The molecular formula is C28H30N4O2S. The molecular weight excluding hydrogens is 456 g/mol. The van der Waals surface area contributed by atoms with Crippen molar-refractivity contribution in [3.63, 3.8) is 0 Å². The molecule has 4 heterocycles. The molecule has 7 heteroatoms. The average molecular weight is 487 g/mol. The number of ether oxygens (including phenoxy) is 1. The van der Waals surface area contributed by atoms with Gasteiger partial charge in [0.2, 0.25) is 0 Å². The molecule has 1 fully saturated rings. The Morgan fingerprint density at radius 3 is 2.91 bits per heavy atom. The molecule has 0 bridgehead atoms. The summed E-state index contributed by atoms with van der Waals surface area (Å²) in [5.41, 5.74) is 3.09. The maximum absolute atomic E-state index is 13.2. The fourth-order valence-electron chi connectivity index (χ4n) is 4.56. The third-order valence-corrected chi connectivity index (χ3v) is 7.16. The minimum Gasteiger partial charge on any atom is -0.377 e. The van der Waals surface area contributed by atoms with Gasteiger partial charge in [-0.15, -0.1) is 11.3 Å². The fourth-order valence-corrected chi connectivity index (χ4v) is 5.31. The number of hydrogen-bond donors (Lipinski definition) is 1. The van der Waals surface area contributed by atoms with Crippen molar-refractivity contribution >= 4 is 28.1 Å². The van der Waals surface area contributed by atoms with Crippen LogP contribution in [0.3, 0.4) is 0 Å². The lowest BCUT2D eigenvalue weighted by molar-refractivity contribution is 0.0702. The first-order chi connectivity index (χ1) is 17.3. The Labute approximate surface area is 210 Å². The van der Waals surface area contributed by atoms with E-state index >= 15 is 0 Å².